The molecule has 1 unspecified atom stereocenters. The van der Waals surface area contributed by atoms with Crippen molar-refractivity contribution in [2.45, 2.75) is 25.5 Å². The first-order valence-corrected chi connectivity index (χ1v) is 5.69. The van der Waals surface area contributed by atoms with Crippen LogP contribution in [-0.4, -0.2) is 16.4 Å². The van der Waals surface area contributed by atoms with Gasteiger partial charge in [-0.3, -0.25) is 0 Å². The molecule has 0 amide bonds. The van der Waals surface area contributed by atoms with Gasteiger partial charge >= 0.3 is 0 Å². The zero-order chi connectivity index (χ0) is 11.8. The molecule has 1 aromatic carbocycles. The average molecular weight is 238 g/mol. The molecule has 90 valence electrons. The van der Waals surface area contributed by atoms with E-state index >= 15 is 0 Å². The van der Waals surface area contributed by atoms with E-state index < -0.39 is 11.6 Å². The molecule has 2 heterocycles. The molecule has 2 aromatic rings. The van der Waals surface area contributed by atoms with Crippen LogP contribution in [0.25, 0.3) is 10.9 Å². The van der Waals surface area contributed by atoms with Gasteiger partial charge in [-0.15, -0.1) is 0 Å². The van der Waals surface area contributed by atoms with E-state index in [2.05, 4.69) is 5.10 Å². The van der Waals surface area contributed by atoms with Crippen LogP contribution in [-0.2, 0) is 4.74 Å². The van der Waals surface area contributed by atoms with E-state index in [9.17, 15) is 8.78 Å². The van der Waals surface area contributed by atoms with Gasteiger partial charge in [-0.2, -0.15) is 5.10 Å². The summed E-state index contributed by atoms with van der Waals surface area (Å²) in [6.07, 6.45) is 4.11. The Morgan fingerprint density at radius 1 is 1.29 bits per heavy atom. The second-order valence-electron chi connectivity index (χ2n) is 4.24. The fraction of sp³-hybridized carbons (Fsp3) is 0.417. The molecule has 0 aliphatic carbocycles. The first-order chi connectivity index (χ1) is 8.25. The van der Waals surface area contributed by atoms with Crippen molar-refractivity contribution in [2.75, 3.05) is 6.61 Å². The molecule has 0 saturated carbocycles. The van der Waals surface area contributed by atoms with Crippen molar-refractivity contribution in [3.8, 4) is 0 Å². The van der Waals surface area contributed by atoms with E-state index in [1.54, 1.807) is 0 Å². The van der Waals surface area contributed by atoms with Crippen LogP contribution in [0.2, 0.25) is 0 Å². The lowest BCUT2D eigenvalue weighted by molar-refractivity contribution is -0.0369. The second-order valence-corrected chi connectivity index (χ2v) is 4.24. The Labute approximate surface area is 97.0 Å². The molecule has 17 heavy (non-hydrogen) atoms. The second kappa shape index (κ2) is 4.07. The molecule has 0 bridgehead atoms. The molecule has 1 aliphatic heterocycles. The van der Waals surface area contributed by atoms with Crippen molar-refractivity contribution in [3.63, 3.8) is 0 Å². The van der Waals surface area contributed by atoms with E-state index in [0.29, 0.717) is 17.5 Å². The van der Waals surface area contributed by atoms with Crippen LogP contribution >= 0.6 is 0 Å². The minimum atomic E-state index is -0.591. The molecule has 0 spiro atoms. The van der Waals surface area contributed by atoms with E-state index in [4.69, 9.17) is 4.74 Å². The fourth-order valence-corrected chi connectivity index (χ4v) is 2.24. The van der Waals surface area contributed by atoms with E-state index in [0.717, 1.165) is 25.3 Å². The normalized spacial score (nSPS) is 20.9. The van der Waals surface area contributed by atoms with Crippen molar-refractivity contribution in [1.29, 1.82) is 0 Å². The first-order valence-electron chi connectivity index (χ1n) is 5.69. The van der Waals surface area contributed by atoms with Crippen LogP contribution in [0.1, 0.15) is 25.5 Å². The number of halogens is 2. The third-order valence-electron chi connectivity index (χ3n) is 3.04. The summed E-state index contributed by atoms with van der Waals surface area (Å²) in [5.41, 5.74) is 0.318. The number of fused-ring (bicyclic) bond motifs is 1. The Morgan fingerprint density at radius 3 is 2.94 bits per heavy atom. The number of ether oxygens (including phenoxy) is 1. The number of aromatic nitrogens is 2. The highest BCUT2D eigenvalue weighted by Crippen LogP contribution is 2.27. The summed E-state index contributed by atoms with van der Waals surface area (Å²) >= 11 is 0. The van der Waals surface area contributed by atoms with Gasteiger partial charge in [0.2, 0.25) is 0 Å². The molecular weight excluding hydrogens is 226 g/mol. The topological polar surface area (TPSA) is 27.1 Å². The SMILES string of the molecule is Fc1cc(F)c2c(cnn2C2CCCCO2)c1. The quantitative estimate of drug-likeness (QED) is 0.763. The van der Waals surface area contributed by atoms with Crippen LogP contribution < -0.4 is 0 Å². The van der Waals surface area contributed by atoms with Gasteiger partial charge in [0.1, 0.15) is 11.3 Å². The molecule has 3 rings (SSSR count). The number of rotatable bonds is 1. The number of nitrogens with zero attached hydrogens (tertiary/aromatic N) is 2. The molecule has 0 N–H and O–H groups in total. The predicted molar refractivity (Wildman–Crippen MR) is 58.5 cm³/mol. The van der Waals surface area contributed by atoms with Crippen molar-refractivity contribution in [2.24, 2.45) is 0 Å². The summed E-state index contributed by atoms with van der Waals surface area (Å²) in [5, 5.41) is 4.58. The molecule has 1 fully saturated rings. The standard InChI is InChI=1S/C12H12F2N2O/c13-9-5-8-7-15-16(12(8)10(14)6-9)11-3-1-2-4-17-11/h5-7,11H,1-4H2. The maximum absolute atomic E-state index is 13.7. The monoisotopic (exact) mass is 238 g/mol. The van der Waals surface area contributed by atoms with Crippen LogP contribution in [0, 0.1) is 11.6 Å². The van der Waals surface area contributed by atoms with Crippen LogP contribution in [0.5, 0.6) is 0 Å². The lowest BCUT2D eigenvalue weighted by atomic mass is 10.2. The minimum Gasteiger partial charge on any atom is -0.356 e. The molecule has 1 atom stereocenters. The zero-order valence-electron chi connectivity index (χ0n) is 9.20. The van der Waals surface area contributed by atoms with Gasteiger partial charge in [0.25, 0.3) is 0 Å². The Morgan fingerprint density at radius 2 is 2.18 bits per heavy atom. The van der Waals surface area contributed by atoms with E-state index in [1.807, 2.05) is 0 Å². The summed E-state index contributed by atoms with van der Waals surface area (Å²) in [5.74, 6) is -1.18. The van der Waals surface area contributed by atoms with Crippen molar-refractivity contribution < 1.29 is 13.5 Å². The largest absolute Gasteiger partial charge is 0.356 e. The fourth-order valence-electron chi connectivity index (χ4n) is 2.24. The van der Waals surface area contributed by atoms with Gasteiger partial charge in [-0.05, 0) is 25.3 Å². The Bertz CT molecular complexity index is 547. The molecule has 1 aliphatic rings. The Hall–Kier alpha value is -1.49. The zero-order valence-corrected chi connectivity index (χ0v) is 9.20. The third kappa shape index (κ3) is 1.80. The molecule has 3 nitrogen and oxygen atoms in total. The summed E-state index contributed by atoms with van der Waals surface area (Å²) < 4.78 is 33.9. The van der Waals surface area contributed by atoms with Gasteiger partial charge in [0, 0.05) is 18.1 Å². The Balaban J connectivity index is 2.10. The lowest BCUT2D eigenvalue weighted by Crippen LogP contribution is -2.19. The van der Waals surface area contributed by atoms with E-state index in [-0.39, 0.29) is 6.23 Å². The summed E-state index contributed by atoms with van der Waals surface area (Å²) in [7, 11) is 0. The van der Waals surface area contributed by atoms with Crippen molar-refractivity contribution in [3.05, 3.63) is 30.0 Å². The highest BCUT2D eigenvalue weighted by molar-refractivity contribution is 5.79. The summed E-state index contributed by atoms with van der Waals surface area (Å²) in [6.45, 7) is 0.662. The lowest BCUT2D eigenvalue weighted by Gasteiger charge is -2.23. The smallest absolute Gasteiger partial charge is 0.152 e. The van der Waals surface area contributed by atoms with Crippen molar-refractivity contribution in [1.82, 2.24) is 9.78 Å². The van der Waals surface area contributed by atoms with Crippen LogP contribution in [0.3, 0.4) is 0 Å². The maximum atomic E-state index is 13.7. The predicted octanol–water partition coefficient (Wildman–Crippen LogP) is 3.01. The molecule has 1 aromatic heterocycles. The Kier molecular flexibility index (Phi) is 2.55. The maximum Gasteiger partial charge on any atom is 0.152 e. The van der Waals surface area contributed by atoms with Gasteiger partial charge < -0.3 is 4.74 Å². The van der Waals surface area contributed by atoms with Crippen LogP contribution in [0.15, 0.2) is 18.3 Å². The molecule has 1 saturated heterocycles. The average Bonchev–Trinajstić information content (AvgIpc) is 2.74. The number of benzene rings is 1. The highest BCUT2D eigenvalue weighted by atomic mass is 19.1. The summed E-state index contributed by atoms with van der Waals surface area (Å²) in [6, 6.07) is 2.16. The summed E-state index contributed by atoms with van der Waals surface area (Å²) in [4.78, 5) is 0. The molecular formula is C12H12F2N2O. The minimum absolute atomic E-state index is 0.235. The number of hydrogen-bond acceptors (Lipinski definition) is 2. The van der Waals surface area contributed by atoms with Crippen LogP contribution in [0.4, 0.5) is 8.78 Å². The molecule has 5 heteroatoms. The molecule has 0 radical (unpaired) electrons. The first kappa shape index (κ1) is 10.7. The van der Waals surface area contributed by atoms with E-state index in [1.165, 1.54) is 16.9 Å². The van der Waals surface area contributed by atoms with Crippen molar-refractivity contribution >= 4 is 10.9 Å². The van der Waals surface area contributed by atoms with Gasteiger partial charge in [0.15, 0.2) is 12.0 Å². The highest BCUT2D eigenvalue weighted by Gasteiger charge is 2.20. The third-order valence-corrected chi connectivity index (χ3v) is 3.04. The van der Waals surface area contributed by atoms with Gasteiger partial charge in [-0.25, -0.2) is 13.5 Å². The van der Waals surface area contributed by atoms with Gasteiger partial charge in [-0.1, -0.05) is 0 Å². The van der Waals surface area contributed by atoms with Gasteiger partial charge in [0.05, 0.1) is 6.20 Å². The number of hydrogen-bond donors (Lipinski definition) is 0.